The third-order valence-corrected chi connectivity index (χ3v) is 2.95. The van der Waals surface area contributed by atoms with Crippen LogP contribution < -0.4 is 0 Å². The minimum Gasteiger partial charge on any atom is -0.396 e. The molecule has 0 saturated heterocycles. The van der Waals surface area contributed by atoms with Crippen LogP contribution in [0.4, 0.5) is 5.00 Å². The molecule has 78 valence electrons. The van der Waals surface area contributed by atoms with Gasteiger partial charge in [-0.3, -0.25) is 10.1 Å². The second-order valence-electron chi connectivity index (χ2n) is 4.00. The fraction of sp³-hybridized carbons (Fsp3) is 0.556. The highest BCUT2D eigenvalue weighted by molar-refractivity contribution is 7.15. The Morgan fingerprint density at radius 1 is 1.57 bits per heavy atom. The van der Waals surface area contributed by atoms with Gasteiger partial charge in [0.05, 0.1) is 4.92 Å². The molecule has 0 amide bonds. The lowest BCUT2D eigenvalue weighted by Gasteiger charge is -2.19. The summed E-state index contributed by atoms with van der Waals surface area (Å²) in [6.07, 6.45) is 0.669. The van der Waals surface area contributed by atoms with Crippen LogP contribution in [-0.4, -0.2) is 16.6 Å². The third kappa shape index (κ3) is 2.78. The van der Waals surface area contributed by atoms with E-state index < -0.39 is 0 Å². The van der Waals surface area contributed by atoms with Gasteiger partial charge in [-0.25, -0.2) is 0 Å². The average molecular weight is 215 g/mol. The zero-order valence-electron chi connectivity index (χ0n) is 8.19. The Kier molecular flexibility index (Phi) is 3.23. The van der Waals surface area contributed by atoms with E-state index in [2.05, 4.69) is 0 Å². The van der Waals surface area contributed by atoms with Crippen LogP contribution in [0.2, 0.25) is 0 Å². The van der Waals surface area contributed by atoms with Crippen molar-refractivity contribution in [3.63, 3.8) is 0 Å². The molecule has 1 heterocycles. The third-order valence-electron chi connectivity index (χ3n) is 1.91. The first-order valence-corrected chi connectivity index (χ1v) is 5.10. The molecule has 0 bridgehead atoms. The molecule has 0 fully saturated rings. The van der Waals surface area contributed by atoms with Gasteiger partial charge in [-0.05, 0) is 17.9 Å². The van der Waals surface area contributed by atoms with Crippen LogP contribution in [-0.2, 0) is 6.42 Å². The Hall–Kier alpha value is -0.940. The average Bonchev–Trinajstić information content (AvgIpc) is 2.52. The molecule has 1 N–H and O–H groups in total. The van der Waals surface area contributed by atoms with E-state index in [9.17, 15) is 10.1 Å². The minimum atomic E-state index is -0.389. The maximum Gasteiger partial charge on any atom is 0.324 e. The molecule has 4 nitrogen and oxygen atoms in total. The molecule has 0 atom stereocenters. The maximum absolute atomic E-state index is 10.4. The highest BCUT2D eigenvalue weighted by Gasteiger charge is 2.20. The van der Waals surface area contributed by atoms with Crippen molar-refractivity contribution in [1.82, 2.24) is 0 Å². The van der Waals surface area contributed by atoms with Gasteiger partial charge in [0.25, 0.3) is 0 Å². The molecule has 0 aliphatic rings. The number of nitro groups is 1. The first-order chi connectivity index (χ1) is 6.44. The molecule has 0 saturated carbocycles. The van der Waals surface area contributed by atoms with Gasteiger partial charge in [-0.15, -0.1) is 0 Å². The molecular formula is C9H13NO3S. The van der Waals surface area contributed by atoms with E-state index in [1.54, 1.807) is 6.07 Å². The number of thiophene rings is 1. The van der Waals surface area contributed by atoms with Crippen LogP contribution in [0.3, 0.4) is 0 Å². The Bertz CT molecular complexity index is 333. The summed E-state index contributed by atoms with van der Waals surface area (Å²) >= 11 is 1.17. The van der Waals surface area contributed by atoms with Gasteiger partial charge in [-0.1, -0.05) is 25.2 Å². The molecule has 14 heavy (non-hydrogen) atoms. The zero-order valence-corrected chi connectivity index (χ0v) is 9.00. The molecule has 0 radical (unpaired) electrons. The van der Waals surface area contributed by atoms with Crippen molar-refractivity contribution in [2.75, 3.05) is 6.61 Å². The van der Waals surface area contributed by atoms with E-state index in [0.29, 0.717) is 6.42 Å². The largest absolute Gasteiger partial charge is 0.396 e. The van der Waals surface area contributed by atoms with Gasteiger partial charge in [0.1, 0.15) is 0 Å². The lowest BCUT2D eigenvalue weighted by atomic mass is 9.90. The van der Waals surface area contributed by atoms with Gasteiger partial charge in [-0.2, -0.15) is 0 Å². The summed E-state index contributed by atoms with van der Waals surface area (Å²) in [7, 11) is 0. The molecule has 0 spiro atoms. The van der Waals surface area contributed by atoms with Crippen molar-refractivity contribution in [2.45, 2.75) is 20.3 Å². The van der Waals surface area contributed by atoms with Crippen LogP contribution in [0.5, 0.6) is 0 Å². The molecule has 0 aromatic carbocycles. The van der Waals surface area contributed by atoms with Crippen LogP contribution in [0.25, 0.3) is 0 Å². The fourth-order valence-corrected chi connectivity index (χ4v) is 2.17. The van der Waals surface area contributed by atoms with Crippen molar-refractivity contribution >= 4 is 16.3 Å². The molecule has 0 aliphatic carbocycles. The van der Waals surface area contributed by atoms with Gasteiger partial charge in [0, 0.05) is 17.6 Å². The minimum absolute atomic E-state index is 0.0820. The Labute approximate surface area is 86.3 Å². The molecular weight excluding hydrogens is 202 g/mol. The van der Waals surface area contributed by atoms with Crippen molar-refractivity contribution < 1.29 is 10.0 Å². The lowest BCUT2D eigenvalue weighted by Crippen LogP contribution is -2.18. The number of hydrogen-bond acceptors (Lipinski definition) is 4. The first-order valence-electron chi connectivity index (χ1n) is 4.28. The van der Waals surface area contributed by atoms with Crippen LogP contribution in [0.15, 0.2) is 12.1 Å². The highest BCUT2D eigenvalue weighted by atomic mass is 32.1. The van der Waals surface area contributed by atoms with E-state index >= 15 is 0 Å². The summed E-state index contributed by atoms with van der Waals surface area (Å²) in [5.41, 5.74) is -0.210. The van der Waals surface area contributed by atoms with Crippen molar-refractivity contribution in [3.05, 3.63) is 27.1 Å². The molecule has 1 aromatic rings. The SMILES string of the molecule is CC(C)(CO)Cc1ccc([N+](=O)[O-])s1. The van der Waals surface area contributed by atoms with E-state index in [1.807, 2.05) is 13.8 Å². The first kappa shape index (κ1) is 11.1. The van der Waals surface area contributed by atoms with Gasteiger partial charge in [0.15, 0.2) is 0 Å². The quantitative estimate of drug-likeness (QED) is 0.618. The van der Waals surface area contributed by atoms with Crippen molar-refractivity contribution in [3.8, 4) is 0 Å². The Morgan fingerprint density at radius 3 is 2.64 bits per heavy atom. The smallest absolute Gasteiger partial charge is 0.324 e. The number of nitrogens with zero attached hydrogens (tertiary/aromatic N) is 1. The second kappa shape index (κ2) is 4.06. The van der Waals surface area contributed by atoms with Crippen molar-refractivity contribution in [1.29, 1.82) is 0 Å². The Balaban J connectivity index is 2.73. The second-order valence-corrected chi connectivity index (χ2v) is 5.14. The topological polar surface area (TPSA) is 63.4 Å². The lowest BCUT2D eigenvalue weighted by molar-refractivity contribution is -0.380. The number of hydrogen-bond donors (Lipinski definition) is 1. The molecule has 0 aliphatic heterocycles. The molecule has 0 unspecified atom stereocenters. The van der Waals surface area contributed by atoms with Crippen LogP contribution in [0.1, 0.15) is 18.7 Å². The number of rotatable bonds is 4. The van der Waals surface area contributed by atoms with E-state index in [0.717, 1.165) is 4.88 Å². The normalized spacial score (nSPS) is 11.6. The number of aliphatic hydroxyl groups is 1. The summed E-state index contributed by atoms with van der Waals surface area (Å²) in [5.74, 6) is 0. The summed E-state index contributed by atoms with van der Waals surface area (Å²) in [4.78, 5) is 11.0. The molecule has 1 aromatic heterocycles. The number of aliphatic hydroxyl groups excluding tert-OH is 1. The summed E-state index contributed by atoms with van der Waals surface area (Å²) in [6.45, 7) is 3.94. The van der Waals surface area contributed by atoms with E-state index in [-0.39, 0.29) is 21.9 Å². The summed E-state index contributed by atoms with van der Waals surface area (Å²) in [6, 6.07) is 3.26. The van der Waals surface area contributed by atoms with Crippen LogP contribution >= 0.6 is 11.3 Å². The molecule has 5 heteroatoms. The predicted octanol–water partition coefficient (Wildman–Crippen LogP) is 2.22. The Morgan fingerprint density at radius 2 is 2.21 bits per heavy atom. The summed E-state index contributed by atoms with van der Waals surface area (Å²) in [5, 5.41) is 19.6. The van der Waals surface area contributed by atoms with Crippen LogP contribution in [0, 0.1) is 15.5 Å². The van der Waals surface area contributed by atoms with Crippen molar-refractivity contribution in [2.24, 2.45) is 5.41 Å². The maximum atomic E-state index is 10.4. The van der Waals surface area contributed by atoms with Gasteiger partial charge in [0.2, 0.25) is 0 Å². The molecule has 1 rings (SSSR count). The zero-order chi connectivity index (χ0) is 10.8. The highest BCUT2D eigenvalue weighted by Crippen LogP contribution is 2.29. The summed E-state index contributed by atoms with van der Waals surface area (Å²) < 4.78 is 0. The van der Waals surface area contributed by atoms with Gasteiger partial charge < -0.3 is 5.11 Å². The van der Waals surface area contributed by atoms with E-state index in [1.165, 1.54) is 17.4 Å². The fourth-order valence-electron chi connectivity index (χ4n) is 1.09. The van der Waals surface area contributed by atoms with E-state index in [4.69, 9.17) is 5.11 Å². The monoisotopic (exact) mass is 215 g/mol. The van der Waals surface area contributed by atoms with Gasteiger partial charge >= 0.3 is 5.00 Å². The predicted molar refractivity (Wildman–Crippen MR) is 55.5 cm³/mol. The standard InChI is InChI=1S/C9H13NO3S/c1-9(2,6-11)5-7-3-4-8(14-7)10(12)13/h3-4,11H,5-6H2,1-2H3.